The van der Waals surface area contributed by atoms with E-state index in [1.54, 1.807) is 12.1 Å². The molecule has 0 radical (unpaired) electrons. The Kier molecular flexibility index (Phi) is 3.42. The SMILES string of the molecule is Nc1cccc(-c2csc(-c3ccc(Cl)cc3F)n2)c1. The first-order valence-corrected chi connectivity index (χ1v) is 7.16. The smallest absolute Gasteiger partial charge is 0.134 e. The van der Waals surface area contributed by atoms with Crippen molar-refractivity contribution in [2.45, 2.75) is 0 Å². The molecular formula is C15H10ClFN2S. The van der Waals surface area contributed by atoms with Crippen LogP contribution in [0.25, 0.3) is 21.8 Å². The van der Waals surface area contributed by atoms with E-state index in [0.717, 1.165) is 11.3 Å². The summed E-state index contributed by atoms with van der Waals surface area (Å²) in [4.78, 5) is 4.46. The number of nitrogens with zero attached hydrogens (tertiary/aromatic N) is 1. The van der Waals surface area contributed by atoms with Gasteiger partial charge in [0, 0.05) is 27.2 Å². The lowest BCUT2D eigenvalue weighted by molar-refractivity contribution is 0.631. The third-order valence-electron chi connectivity index (χ3n) is 2.85. The van der Waals surface area contributed by atoms with Crippen LogP contribution in [0.5, 0.6) is 0 Å². The molecule has 20 heavy (non-hydrogen) atoms. The van der Waals surface area contributed by atoms with Gasteiger partial charge in [-0.25, -0.2) is 9.37 Å². The quantitative estimate of drug-likeness (QED) is 0.687. The van der Waals surface area contributed by atoms with Crippen molar-refractivity contribution < 1.29 is 4.39 Å². The van der Waals surface area contributed by atoms with E-state index in [1.165, 1.54) is 17.4 Å². The predicted molar refractivity (Wildman–Crippen MR) is 82.4 cm³/mol. The van der Waals surface area contributed by atoms with Crippen LogP contribution < -0.4 is 5.73 Å². The van der Waals surface area contributed by atoms with Gasteiger partial charge >= 0.3 is 0 Å². The van der Waals surface area contributed by atoms with Crippen LogP contribution in [-0.4, -0.2) is 4.98 Å². The Bertz CT molecular complexity index is 770. The molecule has 0 amide bonds. The summed E-state index contributed by atoms with van der Waals surface area (Å²) in [5.41, 5.74) is 8.59. The fourth-order valence-electron chi connectivity index (χ4n) is 1.89. The molecule has 100 valence electrons. The number of benzene rings is 2. The fourth-order valence-corrected chi connectivity index (χ4v) is 2.91. The average Bonchev–Trinajstić information content (AvgIpc) is 2.88. The standard InChI is InChI=1S/C15H10ClFN2S/c16-10-4-5-12(13(17)7-10)15-19-14(8-20-15)9-2-1-3-11(18)6-9/h1-8H,18H2. The minimum Gasteiger partial charge on any atom is -0.399 e. The molecule has 1 aromatic heterocycles. The first kappa shape index (κ1) is 13.1. The normalized spacial score (nSPS) is 10.7. The second-order valence-corrected chi connectivity index (χ2v) is 5.58. The summed E-state index contributed by atoms with van der Waals surface area (Å²) in [6.45, 7) is 0. The molecule has 3 aromatic rings. The summed E-state index contributed by atoms with van der Waals surface area (Å²) in [7, 11) is 0. The van der Waals surface area contributed by atoms with E-state index in [4.69, 9.17) is 17.3 Å². The topological polar surface area (TPSA) is 38.9 Å². The van der Waals surface area contributed by atoms with Crippen molar-refractivity contribution in [2.24, 2.45) is 0 Å². The van der Waals surface area contributed by atoms with Crippen LogP contribution in [0.1, 0.15) is 0 Å². The Morgan fingerprint density at radius 3 is 2.75 bits per heavy atom. The zero-order chi connectivity index (χ0) is 14.1. The van der Waals surface area contributed by atoms with Gasteiger partial charge in [-0.15, -0.1) is 11.3 Å². The summed E-state index contributed by atoms with van der Waals surface area (Å²) in [6.07, 6.45) is 0. The van der Waals surface area contributed by atoms with Crippen molar-refractivity contribution in [3.63, 3.8) is 0 Å². The zero-order valence-electron chi connectivity index (χ0n) is 10.3. The molecule has 0 spiro atoms. The molecule has 5 heteroatoms. The molecule has 0 atom stereocenters. The van der Waals surface area contributed by atoms with E-state index in [0.29, 0.717) is 21.3 Å². The highest BCUT2D eigenvalue weighted by Crippen LogP contribution is 2.31. The fraction of sp³-hybridized carbons (Fsp3) is 0. The molecule has 0 aliphatic carbocycles. The van der Waals surface area contributed by atoms with Gasteiger partial charge in [0.05, 0.1) is 5.69 Å². The highest BCUT2D eigenvalue weighted by atomic mass is 35.5. The van der Waals surface area contributed by atoms with Crippen LogP contribution in [0.4, 0.5) is 10.1 Å². The molecule has 0 unspecified atom stereocenters. The van der Waals surface area contributed by atoms with Crippen LogP contribution in [0, 0.1) is 5.82 Å². The van der Waals surface area contributed by atoms with E-state index < -0.39 is 0 Å². The van der Waals surface area contributed by atoms with Gasteiger partial charge in [0.25, 0.3) is 0 Å². The van der Waals surface area contributed by atoms with Gasteiger partial charge in [0.1, 0.15) is 10.8 Å². The Morgan fingerprint density at radius 1 is 1.15 bits per heavy atom. The van der Waals surface area contributed by atoms with Gasteiger partial charge in [-0.05, 0) is 30.3 Å². The third-order valence-corrected chi connectivity index (χ3v) is 3.96. The Balaban J connectivity index is 2.02. The first-order valence-electron chi connectivity index (χ1n) is 5.90. The first-order chi connectivity index (χ1) is 9.63. The minimum atomic E-state index is -0.369. The Hall–Kier alpha value is -1.91. The molecule has 0 bridgehead atoms. The number of hydrogen-bond acceptors (Lipinski definition) is 3. The zero-order valence-corrected chi connectivity index (χ0v) is 11.9. The summed E-state index contributed by atoms with van der Waals surface area (Å²) in [5, 5.41) is 2.88. The van der Waals surface area contributed by atoms with Gasteiger partial charge < -0.3 is 5.73 Å². The molecule has 0 aliphatic rings. The van der Waals surface area contributed by atoms with Crippen molar-refractivity contribution in [3.8, 4) is 21.8 Å². The molecular weight excluding hydrogens is 295 g/mol. The maximum absolute atomic E-state index is 13.9. The van der Waals surface area contributed by atoms with E-state index in [1.807, 2.05) is 29.6 Å². The predicted octanol–water partition coefficient (Wildman–Crippen LogP) is 4.85. The van der Waals surface area contributed by atoms with Crippen molar-refractivity contribution >= 4 is 28.6 Å². The summed E-state index contributed by atoms with van der Waals surface area (Å²) in [6, 6.07) is 12.0. The summed E-state index contributed by atoms with van der Waals surface area (Å²) in [5.74, 6) is -0.369. The van der Waals surface area contributed by atoms with Crippen molar-refractivity contribution in [1.82, 2.24) is 4.98 Å². The van der Waals surface area contributed by atoms with Crippen LogP contribution in [0.3, 0.4) is 0 Å². The van der Waals surface area contributed by atoms with Crippen molar-refractivity contribution in [2.75, 3.05) is 5.73 Å². The highest BCUT2D eigenvalue weighted by Gasteiger charge is 2.11. The van der Waals surface area contributed by atoms with Crippen LogP contribution in [0.2, 0.25) is 5.02 Å². The molecule has 2 N–H and O–H groups in total. The number of rotatable bonds is 2. The number of nitrogen functional groups attached to an aromatic ring is 1. The largest absolute Gasteiger partial charge is 0.399 e. The Labute approximate surface area is 124 Å². The highest BCUT2D eigenvalue weighted by molar-refractivity contribution is 7.13. The van der Waals surface area contributed by atoms with Crippen LogP contribution in [0.15, 0.2) is 47.8 Å². The van der Waals surface area contributed by atoms with E-state index in [9.17, 15) is 4.39 Å². The maximum atomic E-state index is 13.9. The second-order valence-electron chi connectivity index (χ2n) is 4.29. The van der Waals surface area contributed by atoms with E-state index in [2.05, 4.69) is 4.98 Å². The number of nitrogens with two attached hydrogens (primary N) is 1. The van der Waals surface area contributed by atoms with Gasteiger partial charge in [0.15, 0.2) is 0 Å². The number of anilines is 1. The third kappa shape index (κ3) is 2.53. The Morgan fingerprint density at radius 2 is 2.00 bits per heavy atom. The molecule has 2 nitrogen and oxygen atoms in total. The monoisotopic (exact) mass is 304 g/mol. The minimum absolute atomic E-state index is 0.369. The second kappa shape index (κ2) is 5.23. The molecule has 0 aliphatic heterocycles. The lowest BCUT2D eigenvalue weighted by atomic mass is 10.1. The van der Waals surface area contributed by atoms with Gasteiger partial charge in [-0.3, -0.25) is 0 Å². The number of thiazole rings is 1. The lowest BCUT2D eigenvalue weighted by Gasteiger charge is -2.00. The molecule has 3 rings (SSSR count). The number of halogens is 2. The van der Waals surface area contributed by atoms with Crippen LogP contribution in [-0.2, 0) is 0 Å². The lowest BCUT2D eigenvalue weighted by Crippen LogP contribution is -1.86. The molecule has 2 aromatic carbocycles. The molecule has 0 saturated heterocycles. The van der Waals surface area contributed by atoms with Crippen LogP contribution >= 0.6 is 22.9 Å². The molecule has 1 heterocycles. The summed E-state index contributed by atoms with van der Waals surface area (Å²) >= 11 is 7.14. The number of hydrogen-bond donors (Lipinski definition) is 1. The average molecular weight is 305 g/mol. The van der Waals surface area contributed by atoms with E-state index in [-0.39, 0.29) is 5.82 Å². The molecule has 0 fully saturated rings. The van der Waals surface area contributed by atoms with Gasteiger partial charge in [-0.2, -0.15) is 0 Å². The number of aromatic nitrogens is 1. The van der Waals surface area contributed by atoms with E-state index >= 15 is 0 Å². The summed E-state index contributed by atoms with van der Waals surface area (Å²) < 4.78 is 13.9. The van der Waals surface area contributed by atoms with Gasteiger partial charge in [-0.1, -0.05) is 23.7 Å². The van der Waals surface area contributed by atoms with Crippen molar-refractivity contribution in [3.05, 3.63) is 58.7 Å². The maximum Gasteiger partial charge on any atom is 0.134 e. The molecule has 0 saturated carbocycles. The van der Waals surface area contributed by atoms with Crippen molar-refractivity contribution in [1.29, 1.82) is 0 Å². The van der Waals surface area contributed by atoms with Gasteiger partial charge in [0.2, 0.25) is 0 Å².